The highest BCUT2D eigenvalue weighted by Gasteiger charge is 2.23. The van der Waals surface area contributed by atoms with E-state index in [4.69, 9.17) is 4.74 Å². The topological polar surface area (TPSA) is 29.5 Å². The van der Waals surface area contributed by atoms with Crippen molar-refractivity contribution < 1.29 is 9.53 Å². The summed E-state index contributed by atoms with van der Waals surface area (Å²) in [5, 5.41) is 2.22. The van der Waals surface area contributed by atoms with Gasteiger partial charge in [0.15, 0.2) is 0 Å². The fourth-order valence-corrected chi connectivity index (χ4v) is 3.23. The Balaban J connectivity index is 1.82. The van der Waals surface area contributed by atoms with Crippen molar-refractivity contribution in [3.05, 3.63) is 77.9 Å². The van der Waals surface area contributed by atoms with E-state index in [1.807, 2.05) is 61.3 Å². The molecular formula is C23H25NO2. The van der Waals surface area contributed by atoms with E-state index in [-0.39, 0.29) is 17.9 Å². The lowest BCUT2D eigenvalue weighted by Gasteiger charge is -2.28. The normalized spacial score (nSPS) is 13.2. The van der Waals surface area contributed by atoms with E-state index in [1.54, 1.807) is 7.11 Å². The number of ether oxygens (including phenoxy) is 1. The highest BCUT2D eigenvalue weighted by atomic mass is 16.5. The van der Waals surface area contributed by atoms with Gasteiger partial charge in [-0.15, -0.1) is 0 Å². The molecule has 0 bridgehead atoms. The second-order valence-corrected chi connectivity index (χ2v) is 6.73. The first-order valence-electron chi connectivity index (χ1n) is 8.90. The van der Waals surface area contributed by atoms with Crippen LogP contribution >= 0.6 is 0 Å². The van der Waals surface area contributed by atoms with Crippen molar-refractivity contribution in [2.45, 2.75) is 25.8 Å². The maximum absolute atomic E-state index is 13.0. The van der Waals surface area contributed by atoms with Crippen LogP contribution in [0.25, 0.3) is 10.8 Å². The molecule has 0 aliphatic carbocycles. The first kappa shape index (κ1) is 18.0. The molecule has 0 aliphatic heterocycles. The Bertz CT molecular complexity index is 904. The van der Waals surface area contributed by atoms with E-state index in [0.717, 1.165) is 27.6 Å². The van der Waals surface area contributed by atoms with Gasteiger partial charge in [0.25, 0.3) is 0 Å². The average Bonchev–Trinajstić information content (AvgIpc) is 2.71. The smallest absolute Gasteiger partial charge is 0.230 e. The lowest BCUT2D eigenvalue weighted by Crippen LogP contribution is -2.33. The SMILES string of the molecule is COc1ccc2cc(C(C)C(=O)N(C)C(C)c3ccccc3)ccc2c1. The van der Waals surface area contributed by atoms with Crippen molar-refractivity contribution in [2.75, 3.05) is 14.2 Å². The van der Waals surface area contributed by atoms with E-state index < -0.39 is 0 Å². The third-order valence-corrected chi connectivity index (χ3v) is 5.15. The van der Waals surface area contributed by atoms with Gasteiger partial charge in [0.1, 0.15) is 5.75 Å². The van der Waals surface area contributed by atoms with Crippen LogP contribution in [0.1, 0.15) is 36.9 Å². The van der Waals surface area contributed by atoms with Gasteiger partial charge in [0.2, 0.25) is 5.91 Å². The molecule has 2 atom stereocenters. The van der Waals surface area contributed by atoms with Gasteiger partial charge >= 0.3 is 0 Å². The molecule has 3 aromatic rings. The van der Waals surface area contributed by atoms with Gasteiger partial charge in [-0.05, 0) is 47.9 Å². The van der Waals surface area contributed by atoms with Crippen LogP contribution in [0.5, 0.6) is 5.75 Å². The van der Waals surface area contributed by atoms with Crippen LogP contribution in [0.4, 0.5) is 0 Å². The summed E-state index contributed by atoms with van der Waals surface area (Å²) in [6, 6.07) is 22.3. The second kappa shape index (κ2) is 7.61. The molecule has 3 aromatic carbocycles. The molecule has 0 saturated heterocycles. The highest BCUT2D eigenvalue weighted by Crippen LogP contribution is 2.28. The fraction of sp³-hybridized carbons (Fsp3) is 0.261. The van der Waals surface area contributed by atoms with E-state index in [0.29, 0.717) is 0 Å². The van der Waals surface area contributed by atoms with Crippen molar-refractivity contribution in [3.8, 4) is 5.75 Å². The van der Waals surface area contributed by atoms with Crippen molar-refractivity contribution in [3.63, 3.8) is 0 Å². The predicted octanol–water partition coefficient (Wildman–Crippen LogP) is 5.17. The number of amides is 1. The van der Waals surface area contributed by atoms with Gasteiger partial charge in [0, 0.05) is 7.05 Å². The van der Waals surface area contributed by atoms with Crippen molar-refractivity contribution in [1.29, 1.82) is 0 Å². The number of carbonyl (C=O) groups excluding carboxylic acids is 1. The maximum Gasteiger partial charge on any atom is 0.230 e. The number of methoxy groups -OCH3 is 1. The van der Waals surface area contributed by atoms with Gasteiger partial charge in [-0.2, -0.15) is 0 Å². The number of likely N-dealkylation sites (N-methyl/N-ethyl adjacent to an activating group) is 1. The first-order chi connectivity index (χ1) is 12.5. The molecule has 0 heterocycles. The predicted molar refractivity (Wildman–Crippen MR) is 107 cm³/mol. The molecule has 0 fully saturated rings. The summed E-state index contributed by atoms with van der Waals surface area (Å²) in [5.41, 5.74) is 2.17. The van der Waals surface area contributed by atoms with Crippen molar-refractivity contribution in [2.24, 2.45) is 0 Å². The van der Waals surface area contributed by atoms with Crippen LogP contribution in [0, 0.1) is 0 Å². The highest BCUT2D eigenvalue weighted by molar-refractivity contribution is 5.88. The van der Waals surface area contributed by atoms with Gasteiger partial charge in [0.05, 0.1) is 19.1 Å². The van der Waals surface area contributed by atoms with Gasteiger partial charge < -0.3 is 9.64 Å². The minimum atomic E-state index is -0.197. The Morgan fingerprint density at radius 1 is 0.885 bits per heavy atom. The molecule has 0 aliphatic rings. The monoisotopic (exact) mass is 347 g/mol. The van der Waals surface area contributed by atoms with Crippen molar-refractivity contribution >= 4 is 16.7 Å². The summed E-state index contributed by atoms with van der Waals surface area (Å²) < 4.78 is 5.28. The maximum atomic E-state index is 13.0. The van der Waals surface area contributed by atoms with Gasteiger partial charge in [-0.3, -0.25) is 4.79 Å². The van der Waals surface area contributed by atoms with E-state index in [1.165, 1.54) is 0 Å². The zero-order chi connectivity index (χ0) is 18.7. The molecule has 0 N–H and O–H groups in total. The number of hydrogen-bond acceptors (Lipinski definition) is 2. The Labute approximate surface area is 155 Å². The standard InChI is InChI=1S/C23H25NO2/c1-16(23(25)24(3)17(2)18-8-6-5-7-9-18)19-10-11-21-15-22(26-4)13-12-20(21)14-19/h5-17H,1-4H3. The number of fused-ring (bicyclic) bond motifs is 1. The summed E-state index contributed by atoms with van der Waals surface area (Å²) in [6.45, 7) is 4.04. The van der Waals surface area contributed by atoms with E-state index >= 15 is 0 Å². The first-order valence-corrected chi connectivity index (χ1v) is 8.90. The van der Waals surface area contributed by atoms with Crippen molar-refractivity contribution in [1.82, 2.24) is 4.90 Å². The number of hydrogen-bond donors (Lipinski definition) is 0. The van der Waals surface area contributed by atoms with Crippen LogP contribution in [-0.2, 0) is 4.79 Å². The Hall–Kier alpha value is -2.81. The van der Waals surface area contributed by atoms with Gasteiger partial charge in [-0.1, -0.05) is 54.6 Å². The average molecular weight is 347 g/mol. The summed E-state index contributed by atoms with van der Waals surface area (Å²) in [7, 11) is 3.54. The molecule has 3 heteroatoms. The Morgan fingerprint density at radius 3 is 2.23 bits per heavy atom. The third kappa shape index (κ3) is 3.57. The molecule has 3 rings (SSSR count). The number of rotatable bonds is 5. The third-order valence-electron chi connectivity index (χ3n) is 5.15. The zero-order valence-electron chi connectivity index (χ0n) is 15.8. The van der Waals surface area contributed by atoms with Crippen LogP contribution in [0.15, 0.2) is 66.7 Å². The molecule has 3 nitrogen and oxygen atoms in total. The molecule has 2 unspecified atom stereocenters. The second-order valence-electron chi connectivity index (χ2n) is 6.73. The van der Waals surface area contributed by atoms with Crippen LogP contribution < -0.4 is 4.74 Å². The molecule has 0 aromatic heterocycles. The lowest BCUT2D eigenvalue weighted by molar-refractivity contribution is -0.133. The fourth-order valence-electron chi connectivity index (χ4n) is 3.23. The van der Waals surface area contributed by atoms with E-state index in [9.17, 15) is 4.79 Å². The van der Waals surface area contributed by atoms with Crippen LogP contribution in [0.2, 0.25) is 0 Å². The number of carbonyl (C=O) groups is 1. The number of benzene rings is 3. The molecule has 0 saturated carbocycles. The summed E-state index contributed by atoms with van der Waals surface area (Å²) in [5.74, 6) is 0.762. The molecule has 0 radical (unpaired) electrons. The Kier molecular flexibility index (Phi) is 5.27. The van der Waals surface area contributed by atoms with Crippen LogP contribution in [-0.4, -0.2) is 25.0 Å². The summed E-state index contributed by atoms with van der Waals surface area (Å²) >= 11 is 0. The Morgan fingerprint density at radius 2 is 1.54 bits per heavy atom. The molecular weight excluding hydrogens is 322 g/mol. The minimum absolute atomic E-state index is 0.0378. The molecule has 1 amide bonds. The van der Waals surface area contributed by atoms with E-state index in [2.05, 4.69) is 31.2 Å². The zero-order valence-corrected chi connectivity index (χ0v) is 15.8. The summed E-state index contributed by atoms with van der Waals surface area (Å²) in [4.78, 5) is 14.8. The number of nitrogens with zero attached hydrogens (tertiary/aromatic N) is 1. The van der Waals surface area contributed by atoms with Gasteiger partial charge in [-0.25, -0.2) is 0 Å². The lowest BCUT2D eigenvalue weighted by atomic mass is 9.95. The quantitative estimate of drug-likeness (QED) is 0.637. The largest absolute Gasteiger partial charge is 0.497 e. The van der Waals surface area contributed by atoms with Crippen LogP contribution in [0.3, 0.4) is 0 Å². The molecule has 134 valence electrons. The summed E-state index contributed by atoms with van der Waals surface area (Å²) in [6.07, 6.45) is 0. The molecule has 0 spiro atoms. The molecule has 26 heavy (non-hydrogen) atoms. The minimum Gasteiger partial charge on any atom is -0.497 e.